The molecule has 29 heavy (non-hydrogen) atoms. The van der Waals surface area contributed by atoms with Crippen LogP contribution in [0.5, 0.6) is 0 Å². The lowest BCUT2D eigenvalue weighted by molar-refractivity contribution is -0.137. The highest BCUT2D eigenvalue weighted by molar-refractivity contribution is 9.10. The first-order valence-electron chi connectivity index (χ1n) is 11.3. The van der Waals surface area contributed by atoms with Gasteiger partial charge in [-0.2, -0.15) is 0 Å². The van der Waals surface area contributed by atoms with Crippen molar-refractivity contribution in [3.05, 3.63) is 29.8 Å². The van der Waals surface area contributed by atoms with E-state index in [1.54, 1.807) is 0 Å². The van der Waals surface area contributed by atoms with Gasteiger partial charge in [-0.25, -0.2) is 0 Å². The lowest BCUT2D eigenvalue weighted by Gasteiger charge is -2.60. The molecule has 0 spiro atoms. The van der Waals surface area contributed by atoms with Crippen LogP contribution in [0.1, 0.15) is 50.5 Å². The molecular formula is C24H33BrN2O2. The molecule has 1 aromatic rings. The van der Waals surface area contributed by atoms with Crippen molar-refractivity contribution in [1.82, 2.24) is 4.90 Å². The van der Waals surface area contributed by atoms with Gasteiger partial charge in [0, 0.05) is 43.1 Å². The van der Waals surface area contributed by atoms with Gasteiger partial charge >= 0.3 is 0 Å². The van der Waals surface area contributed by atoms with Gasteiger partial charge in [-0.15, -0.1) is 0 Å². The number of hydrogen-bond donors (Lipinski definition) is 0. The zero-order valence-corrected chi connectivity index (χ0v) is 19.1. The molecule has 4 nitrogen and oxygen atoms in total. The first-order chi connectivity index (χ1) is 13.9. The normalized spacial score (nSPS) is 35.7. The maximum atomic E-state index is 13.1. The molecule has 158 valence electrons. The van der Waals surface area contributed by atoms with Crippen molar-refractivity contribution in [3.8, 4) is 0 Å². The molecule has 5 fully saturated rings. The van der Waals surface area contributed by atoms with Crippen LogP contribution in [0.25, 0.3) is 0 Å². The summed E-state index contributed by atoms with van der Waals surface area (Å²) in [5.74, 6) is 1.99. The Bertz CT molecular complexity index is 745. The quantitative estimate of drug-likeness (QED) is 0.601. The highest BCUT2D eigenvalue weighted by Crippen LogP contribution is 2.65. The average molecular weight is 461 g/mol. The molecule has 1 saturated heterocycles. The molecule has 5 heteroatoms. The first-order valence-corrected chi connectivity index (χ1v) is 12.1. The first kappa shape index (κ1) is 19.9. The zero-order valence-electron chi connectivity index (χ0n) is 17.5. The fraction of sp³-hybridized carbons (Fsp3) is 0.708. The van der Waals surface area contributed by atoms with Gasteiger partial charge in [0.25, 0.3) is 0 Å². The third-order valence-electron chi connectivity index (χ3n) is 7.80. The summed E-state index contributed by atoms with van der Waals surface area (Å²) in [5.41, 5.74) is 2.71. The number of carbonyl (C=O) groups excluding carboxylic acids is 1. The molecule has 6 rings (SSSR count). The number of hydrogen-bond acceptors (Lipinski definition) is 3. The molecule has 1 amide bonds. The Hall–Kier alpha value is -1.07. The van der Waals surface area contributed by atoms with Gasteiger partial charge in [-0.3, -0.25) is 4.79 Å². The van der Waals surface area contributed by atoms with Crippen molar-refractivity contribution in [2.45, 2.75) is 55.8 Å². The molecular weight excluding hydrogens is 428 g/mol. The Labute approximate surface area is 183 Å². The average Bonchev–Trinajstić information content (AvgIpc) is 2.67. The molecule has 2 unspecified atom stereocenters. The molecule has 4 aliphatic carbocycles. The molecule has 5 aliphatic rings. The number of ether oxygens (including phenoxy) is 1. The lowest BCUT2D eigenvalue weighted by atomic mass is 9.48. The number of nitrogens with zero attached hydrogens (tertiary/aromatic N) is 2. The van der Waals surface area contributed by atoms with E-state index >= 15 is 0 Å². The number of halogens is 1. The van der Waals surface area contributed by atoms with E-state index in [0.29, 0.717) is 16.8 Å². The van der Waals surface area contributed by atoms with Crippen LogP contribution in [-0.4, -0.2) is 48.5 Å². The second-order valence-electron chi connectivity index (χ2n) is 10.3. The number of benzene rings is 1. The van der Waals surface area contributed by atoms with E-state index < -0.39 is 0 Å². The lowest BCUT2D eigenvalue weighted by Crippen LogP contribution is -2.54. The Morgan fingerprint density at radius 1 is 1.14 bits per heavy atom. The Morgan fingerprint density at radius 2 is 1.79 bits per heavy atom. The summed E-state index contributed by atoms with van der Waals surface area (Å²) >= 11 is 4.08. The fourth-order valence-electron chi connectivity index (χ4n) is 6.99. The fourth-order valence-corrected chi connectivity index (χ4v) is 8.50. The van der Waals surface area contributed by atoms with Crippen LogP contribution >= 0.6 is 15.9 Å². The van der Waals surface area contributed by atoms with E-state index in [-0.39, 0.29) is 5.41 Å². The van der Waals surface area contributed by atoms with Crippen molar-refractivity contribution in [3.63, 3.8) is 0 Å². The summed E-state index contributed by atoms with van der Waals surface area (Å²) in [7, 11) is 1.97. The predicted octanol–water partition coefficient (Wildman–Crippen LogP) is 4.61. The SMILES string of the molecule is CN(Cc1ccc(N2CCOCC2)cc1)C(=O)CC12CC3CC(CC(Br)(C3)C1)C2. The van der Waals surface area contributed by atoms with E-state index in [4.69, 9.17) is 4.74 Å². The number of anilines is 1. The highest BCUT2D eigenvalue weighted by Gasteiger charge is 2.57. The van der Waals surface area contributed by atoms with E-state index in [0.717, 1.165) is 44.6 Å². The second-order valence-corrected chi connectivity index (χ2v) is 12.0. The van der Waals surface area contributed by atoms with Crippen molar-refractivity contribution in [2.75, 3.05) is 38.3 Å². The topological polar surface area (TPSA) is 32.8 Å². The molecule has 4 bridgehead atoms. The summed E-state index contributed by atoms with van der Waals surface area (Å²) in [4.78, 5) is 17.5. The van der Waals surface area contributed by atoms with Gasteiger partial charge in [0.1, 0.15) is 0 Å². The minimum atomic E-state index is 0.249. The highest BCUT2D eigenvalue weighted by atomic mass is 79.9. The molecule has 0 aromatic heterocycles. The van der Waals surface area contributed by atoms with Crippen LogP contribution < -0.4 is 4.90 Å². The summed E-state index contributed by atoms with van der Waals surface area (Å²) in [6, 6.07) is 8.72. The smallest absolute Gasteiger partial charge is 0.223 e. The van der Waals surface area contributed by atoms with Gasteiger partial charge in [-0.1, -0.05) is 28.1 Å². The predicted molar refractivity (Wildman–Crippen MR) is 119 cm³/mol. The standard InChI is InChI=1S/C24H33BrN2O2/c1-26(16-18-2-4-21(5-3-18)27-6-8-29-9-7-27)22(28)15-23-11-19-10-20(12-23)14-24(25,13-19)17-23/h2-5,19-20H,6-17H2,1H3. The van der Waals surface area contributed by atoms with Crippen molar-refractivity contribution < 1.29 is 9.53 Å². The zero-order chi connectivity index (χ0) is 20.1. The maximum Gasteiger partial charge on any atom is 0.223 e. The molecule has 1 heterocycles. The molecule has 1 aromatic carbocycles. The monoisotopic (exact) mass is 460 g/mol. The Morgan fingerprint density at radius 3 is 2.41 bits per heavy atom. The number of amides is 1. The maximum absolute atomic E-state index is 13.1. The molecule has 0 radical (unpaired) electrons. The minimum absolute atomic E-state index is 0.249. The van der Waals surface area contributed by atoms with Crippen molar-refractivity contribution in [2.24, 2.45) is 17.3 Å². The largest absolute Gasteiger partial charge is 0.378 e. The summed E-state index contributed by atoms with van der Waals surface area (Å²) in [6.45, 7) is 4.22. The minimum Gasteiger partial charge on any atom is -0.378 e. The molecule has 2 atom stereocenters. The summed E-state index contributed by atoms with van der Waals surface area (Å²) in [6.07, 6.45) is 8.51. The van der Waals surface area contributed by atoms with Crippen molar-refractivity contribution >= 4 is 27.5 Å². The van der Waals surface area contributed by atoms with Gasteiger partial charge < -0.3 is 14.5 Å². The van der Waals surface area contributed by atoms with Crippen molar-refractivity contribution in [1.29, 1.82) is 0 Å². The van der Waals surface area contributed by atoms with E-state index in [2.05, 4.69) is 45.1 Å². The molecule has 0 N–H and O–H groups in total. The van der Waals surface area contributed by atoms with E-state index in [1.165, 1.54) is 49.8 Å². The van der Waals surface area contributed by atoms with Crippen LogP contribution in [0.15, 0.2) is 24.3 Å². The number of morpholine rings is 1. The summed E-state index contributed by atoms with van der Waals surface area (Å²) in [5, 5.41) is 0. The Kier molecular flexibility index (Phi) is 5.18. The van der Waals surface area contributed by atoms with E-state index in [9.17, 15) is 4.79 Å². The van der Waals surface area contributed by atoms with Crippen LogP contribution in [0.3, 0.4) is 0 Å². The van der Waals surface area contributed by atoms with Gasteiger partial charge in [-0.05, 0) is 73.5 Å². The van der Waals surface area contributed by atoms with Crippen LogP contribution in [0.2, 0.25) is 0 Å². The second kappa shape index (κ2) is 7.56. The van der Waals surface area contributed by atoms with Gasteiger partial charge in [0.05, 0.1) is 13.2 Å². The van der Waals surface area contributed by atoms with E-state index in [1.807, 2.05) is 11.9 Å². The van der Waals surface area contributed by atoms with Gasteiger partial charge in [0.2, 0.25) is 5.91 Å². The molecule has 4 saturated carbocycles. The number of carbonyl (C=O) groups is 1. The van der Waals surface area contributed by atoms with Crippen LogP contribution in [0, 0.1) is 17.3 Å². The summed E-state index contributed by atoms with van der Waals surface area (Å²) < 4.78 is 5.77. The third-order valence-corrected chi connectivity index (χ3v) is 8.72. The Balaban J connectivity index is 1.20. The molecule has 1 aliphatic heterocycles. The third kappa shape index (κ3) is 4.10. The van der Waals surface area contributed by atoms with Gasteiger partial charge in [0.15, 0.2) is 0 Å². The number of rotatable bonds is 5. The number of alkyl halides is 1. The van der Waals surface area contributed by atoms with Crippen LogP contribution in [0.4, 0.5) is 5.69 Å². The van der Waals surface area contributed by atoms with Crippen LogP contribution in [-0.2, 0) is 16.1 Å².